The number of fused-ring (bicyclic) bond motifs is 1. The quantitative estimate of drug-likeness (QED) is 0.494. The summed E-state index contributed by atoms with van der Waals surface area (Å²) in [4.78, 5) is 3.97. The summed E-state index contributed by atoms with van der Waals surface area (Å²) in [5, 5.41) is 17.6. The van der Waals surface area contributed by atoms with Crippen LogP contribution >= 0.6 is 0 Å². The Balaban J connectivity index is 2.46. The SMILES string of the molecule is N=C1C=CC=C2C1=NCN2O. The first-order valence-corrected chi connectivity index (χ1v) is 3.27. The molecule has 0 aromatic heterocycles. The van der Waals surface area contributed by atoms with Crippen LogP contribution < -0.4 is 0 Å². The van der Waals surface area contributed by atoms with Gasteiger partial charge in [-0.3, -0.25) is 15.6 Å². The van der Waals surface area contributed by atoms with Gasteiger partial charge in [0.2, 0.25) is 0 Å². The summed E-state index contributed by atoms with van der Waals surface area (Å²) < 4.78 is 0. The third-order valence-electron chi connectivity index (χ3n) is 1.66. The topological polar surface area (TPSA) is 59.7 Å². The molecule has 2 aliphatic rings. The molecule has 2 N–H and O–H groups in total. The van der Waals surface area contributed by atoms with Gasteiger partial charge in [-0.2, -0.15) is 0 Å². The van der Waals surface area contributed by atoms with E-state index in [0.29, 0.717) is 17.1 Å². The lowest BCUT2D eigenvalue weighted by molar-refractivity contribution is -0.0389. The molecule has 0 amide bonds. The van der Waals surface area contributed by atoms with Gasteiger partial charge in [-0.05, 0) is 12.2 Å². The van der Waals surface area contributed by atoms with E-state index >= 15 is 0 Å². The maximum absolute atomic E-state index is 9.16. The molecule has 1 heterocycles. The fraction of sp³-hybridized carbons (Fsp3) is 0.143. The average molecular weight is 149 g/mol. The molecule has 11 heavy (non-hydrogen) atoms. The Hall–Kier alpha value is -1.42. The van der Waals surface area contributed by atoms with Crippen molar-refractivity contribution in [2.75, 3.05) is 6.67 Å². The molecule has 0 atom stereocenters. The molecule has 0 bridgehead atoms. The second-order valence-corrected chi connectivity index (χ2v) is 2.37. The van der Waals surface area contributed by atoms with E-state index < -0.39 is 0 Å². The van der Waals surface area contributed by atoms with Crippen LogP contribution in [-0.2, 0) is 0 Å². The zero-order chi connectivity index (χ0) is 7.84. The number of nitrogens with one attached hydrogen (secondary N) is 1. The molecule has 0 saturated heterocycles. The minimum atomic E-state index is 0.241. The lowest BCUT2D eigenvalue weighted by atomic mass is 10.1. The standard InChI is InChI=1S/C7H7N3O/c8-5-2-1-3-6-7(5)9-4-10(6)11/h1-3,8,11H,4H2. The maximum Gasteiger partial charge on any atom is 0.136 e. The summed E-state index contributed by atoms with van der Waals surface area (Å²) in [6.45, 7) is 0.241. The van der Waals surface area contributed by atoms with Gasteiger partial charge in [0.25, 0.3) is 0 Å². The lowest BCUT2D eigenvalue weighted by Crippen LogP contribution is -2.21. The summed E-state index contributed by atoms with van der Waals surface area (Å²) in [6, 6.07) is 0. The van der Waals surface area contributed by atoms with Crippen LogP contribution in [0.3, 0.4) is 0 Å². The fourth-order valence-corrected chi connectivity index (χ4v) is 1.12. The molecule has 4 nitrogen and oxygen atoms in total. The van der Waals surface area contributed by atoms with Gasteiger partial charge in [-0.15, -0.1) is 0 Å². The second-order valence-electron chi connectivity index (χ2n) is 2.37. The Morgan fingerprint density at radius 3 is 3.18 bits per heavy atom. The van der Waals surface area contributed by atoms with Gasteiger partial charge in [0.05, 0.1) is 11.4 Å². The highest BCUT2D eigenvalue weighted by Gasteiger charge is 2.23. The van der Waals surface area contributed by atoms with Crippen molar-refractivity contribution in [2.24, 2.45) is 4.99 Å². The molecule has 4 heteroatoms. The van der Waals surface area contributed by atoms with Crippen LogP contribution in [0.15, 0.2) is 28.9 Å². The molecule has 0 saturated carbocycles. The molecule has 0 radical (unpaired) electrons. The molecule has 0 fully saturated rings. The molecular weight excluding hydrogens is 142 g/mol. The fourth-order valence-electron chi connectivity index (χ4n) is 1.12. The summed E-state index contributed by atoms with van der Waals surface area (Å²) in [6.07, 6.45) is 5.12. The average Bonchev–Trinajstić information content (AvgIpc) is 2.35. The zero-order valence-corrected chi connectivity index (χ0v) is 5.78. The van der Waals surface area contributed by atoms with Crippen molar-refractivity contribution in [1.82, 2.24) is 5.06 Å². The Morgan fingerprint density at radius 1 is 1.64 bits per heavy atom. The Kier molecular flexibility index (Phi) is 1.16. The predicted octanol–water partition coefficient (Wildman–Crippen LogP) is 0.563. The smallest absolute Gasteiger partial charge is 0.136 e. The highest BCUT2D eigenvalue weighted by atomic mass is 16.5. The van der Waals surface area contributed by atoms with E-state index in [9.17, 15) is 0 Å². The first-order valence-electron chi connectivity index (χ1n) is 3.27. The summed E-state index contributed by atoms with van der Waals surface area (Å²) in [7, 11) is 0. The minimum Gasteiger partial charge on any atom is -0.299 e. The highest BCUT2D eigenvalue weighted by molar-refractivity contribution is 6.51. The number of allylic oxidation sites excluding steroid dienone is 4. The number of hydrogen-bond acceptors (Lipinski definition) is 4. The Bertz CT molecular complexity index is 301. The number of nitrogens with zero attached hydrogens (tertiary/aromatic N) is 2. The second kappa shape index (κ2) is 2.03. The largest absolute Gasteiger partial charge is 0.299 e. The molecule has 0 aromatic rings. The minimum absolute atomic E-state index is 0.241. The highest BCUT2D eigenvalue weighted by Crippen LogP contribution is 2.16. The lowest BCUT2D eigenvalue weighted by Gasteiger charge is -2.12. The zero-order valence-electron chi connectivity index (χ0n) is 5.78. The van der Waals surface area contributed by atoms with Crippen molar-refractivity contribution in [3.05, 3.63) is 23.9 Å². The van der Waals surface area contributed by atoms with Crippen molar-refractivity contribution in [2.45, 2.75) is 0 Å². The van der Waals surface area contributed by atoms with E-state index in [0.717, 1.165) is 5.06 Å². The van der Waals surface area contributed by atoms with Crippen LogP contribution in [0.25, 0.3) is 0 Å². The molecule has 1 aliphatic heterocycles. The van der Waals surface area contributed by atoms with Gasteiger partial charge >= 0.3 is 0 Å². The number of rotatable bonds is 0. The Morgan fingerprint density at radius 2 is 2.45 bits per heavy atom. The molecule has 0 spiro atoms. The van der Waals surface area contributed by atoms with Crippen LogP contribution in [0.1, 0.15) is 0 Å². The first kappa shape index (κ1) is 6.30. The monoisotopic (exact) mass is 149 g/mol. The molecular formula is C7H7N3O. The van der Waals surface area contributed by atoms with Gasteiger partial charge in [-0.25, -0.2) is 5.06 Å². The number of hydroxylamine groups is 2. The van der Waals surface area contributed by atoms with Crippen LogP contribution in [-0.4, -0.2) is 28.4 Å². The van der Waals surface area contributed by atoms with E-state index in [1.165, 1.54) is 0 Å². The van der Waals surface area contributed by atoms with Crippen molar-refractivity contribution >= 4 is 11.4 Å². The van der Waals surface area contributed by atoms with E-state index in [4.69, 9.17) is 10.6 Å². The summed E-state index contributed by atoms with van der Waals surface area (Å²) in [5.41, 5.74) is 1.56. The number of aliphatic imine (C=N–C) groups is 1. The van der Waals surface area contributed by atoms with Crippen LogP contribution in [0.4, 0.5) is 0 Å². The third kappa shape index (κ3) is 0.798. The third-order valence-corrected chi connectivity index (χ3v) is 1.66. The van der Waals surface area contributed by atoms with Gasteiger partial charge < -0.3 is 0 Å². The first-order chi connectivity index (χ1) is 5.29. The van der Waals surface area contributed by atoms with Crippen molar-refractivity contribution in [1.29, 1.82) is 5.41 Å². The van der Waals surface area contributed by atoms with Crippen LogP contribution in [0.5, 0.6) is 0 Å². The van der Waals surface area contributed by atoms with Gasteiger partial charge in [-0.1, -0.05) is 6.08 Å². The van der Waals surface area contributed by atoms with Crippen molar-refractivity contribution in [3.8, 4) is 0 Å². The van der Waals surface area contributed by atoms with E-state index in [1.807, 2.05) is 0 Å². The number of hydrogen-bond donors (Lipinski definition) is 2. The molecule has 2 rings (SSSR count). The van der Waals surface area contributed by atoms with Gasteiger partial charge in [0.1, 0.15) is 12.4 Å². The van der Waals surface area contributed by atoms with E-state index in [1.54, 1.807) is 18.2 Å². The van der Waals surface area contributed by atoms with Crippen molar-refractivity contribution in [3.63, 3.8) is 0 Å². The molecule has 0 unspecified atom stereocenters. The molecule has 1 aliphatic carbocycles. The predicted molar refractivity (Wildman–Crippen MR) is 40.9 cm³/mol. The summed E-state index contributed by atoms with van der Waals surface area (Å²) >= 11 is 0. The molecule has 56 valence electrons. The normalized spacial score (nSPS) is 21.5. The molecule has 0 aromatic carbocycles. The van der Waals surface area contributed by atoms with Gasteiger partial charge in [0.15, 0.2) is 0 Å². The van der Waals surface area contributed by atoms with Gasteiger partial charge in [0, 0.05) is 0 Å². The van der Waals surface area contributed by atoms with E-state index in [2.05, 4.69) is 4.99 Å². The van der Waals surface area contributed by atoms with E-state index in [-0.39, 0.29) is 6.67 Å². The maximum atomic E-state index is 9.16. The Labute approximate surface area is 63.6 Å². The van der Waals surface area contributed by atoms with Crippen LogP contribution in [0.2, 0.25) is 0 Å². The van der Waals surface area contributed by atoms with Crippen molar-refractivity contribution < 1.29 is 5.21 Å². The van der Waals surface area contributed by atoms with Crippen LogP contribution in [0, 0.1) is 5.41 Å². The summed E-state index contributed by atoms with van der Waals surface area (Å²) in [5.74, 6) is 0.